The van der Waals surface area contributed by atoms with Gasteiger partial charge in [0.1, 0.15) is 0 Å². The van der Waals surface area contributed by atoms with E-state index in [4.69, 9.17) is 4.74 Å². The predicted octanol–water partition coefficient (Wildman–Crippen LogP) is 0.916. The van der Waals surface area contributed by atoms with E-state index in [1.165, 1.54) is 0 Å². The molecule has 3 nitrogen and oxygen atoms in total. The van der Waals surface area contributed by atoms with Crippen molar-refractivity contribution in [2.75, 3.05) is 20.2 Å². The summed E-state index contributed by atoms with van der Waals surface area (Å²) in [5.41, 5.74) is -0.603. The second kappa shape index (κ2) is 3.95. The van der Waals surface area contributed by atoms with Gasteiger partial charge >= 0.3 is 0 Å². The van der Waals surface area contributed by atoms with Crippen LogP contribution in [0.5, 0.6) is 0 Å². The van der Waals surface area contributed by atoms with E-state index in [2.05, 4.69) is 19.2 Å². The third kappa shape index (κ3) is 3.25. The van der Waals surface area contributed by atoms with Crippen LogP contribution in [0.25, 0.3) is 0 Å². The predicted molar refractivity (Wildman–Crippen MR) is 52.8 cm³/mol. The molecule has 0 radical (unpaired) electrons. The fourth-order valence-electron chi connectivity index (χ4n) is 1.58. The maximum absolute atomic E-state index is 10.0. The van der Waals surface area contributed by atoms with Gasteiger partial charge in [-0.15, -0.1) is 0 Å². The monoisotopic (exact) mass is 187 g/mol. The van der Waals surface area contributed by atoms with E-state index >= 15 is 0 Å². The van der Waals surface area contributed by atoms with E-state index in [9.17, 15) is 5.11 Å². The van der Waals surface area contributed by atoms with Crippen molar-refractivity contribution in [3.8, 4) is 0 Å². The normalized spacial score (nSPS) is 29.5. The quantitative estimate of drug-likeness (QED) is 0.687. The molecule has 0 aromatic rings. The highest BCUT2D eigenvalue weighted by molar-refractivity contribution is 4.89. The summed E-state index contributed by atoms with van der Waals surface area (Å²) in [4.78, 5) is 0. The van der Waals surface area contributed by atoms with Crippen LogP contribution in [-0.4, -0.2) is 36.5 Å². The van der Waals surface area contributed by atoms with Gasteiger partial charge in [0, 0.05) is 13.7 Å². The summed E-state index contributed by atoms with van der Waals surface area (Å²) in [6.07, 6.45) is 2.59. The molecule has 78 valence electrons. The zero-order chi connectivity index (χ0) is 9.95. The Morgan fingerprint density at radius 2 is 2.23 bits per heavy atom. The number of hydrogen-bond donors (Lipinski definition) is 2. The molecule has 1 heterocycles. The molecule has 0 amide bonds. The van der Waals surface area contributed by atoms with E-state index < -0.39 is 5.60 Å². The number of aliphatic hydroxyl groups is 1. The summed E-state index contributed by atoms with van der Waals surface area (Å²) in [5.74, 6) is 0. The minimum absolute atomic E-state index is 0.113. The van der Waals surface area contributed by atoms with Crippen molar-refractivity contribution in [3.63, 3.8) is 0 Å². The Hall–Kier alpha value is -0.120. The second-order valence-corrected chi connectivity index (χ2v) is 4.61. The molecule has 1 aliphatic heterocycles. The maximum Gasteiger partial charge on any atom is 0.0784 e. The molecule has 13 heavy (non-hydrogen) atoms. The van der Waals surface area contributed by atoms with Crippen LogP contribution in [0.4, 0.5) is 0 Å². The third-order valence-corrected chi connectivity index (χ3v) is 2.97. The minimum atomic E-state index is -0.490. The molecule has 3 heteroatoms. The topological polar surface area (TPSA) is 41.5 Å². The lowest BCUT2D eigenvalue weighted by molar-refractivity contribution is -0.0185. The number of ether oxygens (including phenoxy) is 1. The number of nitrogens with one attached hydrogen (secondary N) is 1. The van der Waals surface area contributed by atoms with Gasteiger partial charge in [0.05, 0.1) is 11.2 Å². The van der Waals surface area contributed by atoms with Crippen LogP contribution in [0.2, 0.25) is 0 Å². The zero-order valence-electron chi connectivity index (χ0n) is 8.89. The van der Waals surface area contributed by atoms with Gasteiger partial charge < -0.3 is 15.2 Å². The molecule has 0 aromatic carbocycles. The van der Waals surface area contributed by atoms with E-state index in [1.807, 2.05) is 0 Å². The van der Waals surface area contributed by atoms with E-state index in [1.54, 1.807) is 7.11 Å². The van der Waals surface area contributed by atoms with Crippen molar-refractivity contribution in [2.24, 2.45) is 0 Å². The largest absolute Gasteiger partial charge is 0.389 e. The van der Waals surface area contributed by atoms with Gasteiger partial charge in [-0.2, -0.15) is 0 Å². The summed E-state index contributed by atoms with van der Waals surface area (Å²) >= 11 is 0. The molecule has 0 bridgehead atoms. The van der Waals surface area contributed by atoms with Gasteiger partial charge in [0.25, 0.3) is 0 Å². The van der Waals surface area contributed by atoms with Crippen molar-refractivity contribution >= 4 is 0 Å². The van der Waals surface area contributed by atoms with E-state index in [-0.39, 0.29) is 5.60 Å². The molecule has 2 N–H and O–H groups in total. The first-order chi connectivity index (χ1) is 5.97. The summed E-state index contributed by atoms with van der Waals surface area (Å²) < 4.78 is 5.31. The molecule has 1 fully saturated rings. The van der Waals surface area contributed by atoms with Crippen LogP contribution >= 0.6 is 0 Å². The summed E-state index contributed by atoms with van der Waals surface area (Å²) in [5, 5.41) is 13.2. The highest BCUT2D eigenvalue weighted by atomic mass is 16.5. The molecule has 1 saturated heterocycles. The van der Waals surface area contributed by atoms with Gasteiger partial charge in [-0.3, -0.25) is 0 Å². The molecule has 0 aromatic heterocycles. The summed E-state index contributed by atoms with van der Waals surface area (Å²) in [6, 6.07) is 0. The Balaban J connectivity index is 2.32. The van der Waals surface area contributed by atoms with Gasteiger partial charge in [0.15, 0.2) is 0 Å². The molecule has 1 unspecified atom stereocenters. The summed E-state index contributed by atoms with van der Waals surface area (Å²) in [6.45, 7) is 5.77. The number of β-amino-alcohol motifs (C(OH)–C–C–N with tert-alkyl or cyclic N) is 1. The lowest BCUT2D eigenvalue weighted by atomic mass is 9.91. The fourth-order valence-corrected chi connectivity index (χ4v) is 1.58. The number of rotatable bonds is 4. The highest BCUT2D eigenvalue weighted by Gasteiger charge is 2.32. The Morgan fingerprint density at radius 1 is 1.54 bits per heavy atom. The SMILES string of the molecule is COC(C)(C)CCC1(O)CCNC1. The van der Waals surface area contributed by atoms with E-state index in [0.717, 1.165) is 32.4 Å². The van der Waals surface area contributed by atoms with Gasteiger partial charge in [0.2, 0.25) is 0 Å². The van der Waals surface area contributed by atoms with Crippen molar-refractivity contribution in [2.45, 2.75) is 44.3 Å². The first-order valence-electron chi connectivity index (χ1n) is 4.96. The van der Waals surface area contributed by atoms with Gasteiger partial charge in [-0.05, 0) is 39.7 Å². The standard InChI is InChI=1S/C10H21NO2/c1-9(2,13-3)4-5-10(12)6-7-11-8-10/h11-12H,4-8H2,1-3H3. The lowest BCUT2D eigenvalue weighted by Crippen LogP contribution is -2.34. The zero-order valence-corrected chi connectivity index (χ0v) is 8.89. The fraction of sp³-hybridized carbons (Fsp3) is 1.00. The molecule has 0 aliphatic carbocycles. The lowest BCUT2D eigenvalue weighted by Gasteiger charge is -2.28. The molecular formula is C10H21NO2. The van der Waals surface area contributed by atoms with Crippen molar-refractivity contribution in [3.05, 3.63) is 0 Å². The van der Waals surface area contributed by atoms with Crippen LogP contribution in [0.1, 0.15) is 33.1 Å². The second-order valence-electron chi connectivity index (χ2n) is 4.61. The average Bonchev–Trinajstić information content (AvgIpc) is 2.50. The highest BCUT2D eigenvalue weighted by Crippen LogP contribution is 2.25. The number of methoxy groups -OCH3 is 1. The van der Waals surface area contributed by atoms with Crippen molar-refractivity contribution in [1.29, 1.82) is 0 Å². The van der Waals surface area contributed by atoms with Crippen LogP contribution in [-0.2, 0) is 4.74 Å². The van der Waals surface area contributed by atoms with Crippen LogP contribution < -0.4 is 5.32 Å². The Morgan fingerprint density at radius 3 is 2.69 bits per heavy atom. The molecule has 0 spiro atoms. The molecule has 1 rings (SSSR count). The van der Waals surface area contributed by atoms with E-state index in [0.29, 0.717) is 0 Å². The van der Waals surface area contributed by atoms with Gasteiger partial charge in [-0.25, -0.2) is 0 Å². The smallest absolute Gasteiger partial charge is 0.0784 e. The Kier molecular flexibility index (Phi) is 3.33. The molecule has 1 atom stereocenters. The minimum Gasteiger partial charge on any atom is -0.389 e. The van der Waals surface area contributed by atoms with Crippen LogP contribution in [0, 0.1) is 0 Å². The average molecular weight is 187 g/mol. The Bertz CT molecular complexity index is 162. The van der Waals surface area contributed by atoms with Crippen molar-refractivity contribution < 1.29 is 9.84 Å². The summed E-state index contributed by atoms with van der Waals surface area (Å²) in [7, 11) is 1.72. The van der Waals surface area contributed by atoms with Crippen LogP contribution in [0.3, 0.4) is 0 Å². The molecular weight excluding hydrogens is 166 g/mol. The van der Waals surface area contributed by atoms with Crippen molar-refractivity contribution in [1.82, 2.24) is 5.32 Å². The van der Waals surface area contributed by atoms with Gasteiger partial charge in [-0.1, -0.05) is 0 Å². The third-order valence-electron chi connectivity index (χ3n) is 2.97. The maximum atomic E-state index is 10.0. The Labute approximate surface area is 80.5 Å². The molecule has 1 aliphatic rings. The number of hydrogen-bond acceptors (Lipinski definition) is 3. The first kappa shape index (κ1) is 11.0. The van der Waals surface area contributed by atoms with Crippen LogP contribution in [0.15, 0.2) is 0 Å². The molecule has 0 saturated carbocycles. The first-order valence-corrected chi connectivity index (χ1v) is 4.96.